The van der Waals surface area contributed by atoms with Crippen molar-refractivity contribution < 1.29 is 36.3 Å². The molecule has 10 heteroatoms. The molecule has 0 spiro atoms. The van der Waals surface area contributed by atoms with Crippen molar-refractivity contribution in [2.24, 2.45) is 5.92 Å². The highest BCUT2D eigenvalue weighted by Gasteiger charge is 2.54. The number of Topliss-reactive ketones (excluding diaryl/α,β-unsaturated/α-hetero) is 1. The number of ketones is 1. The number of benzene rings is 2. The Kier molecular flexibility index (Phi) is 7.47. The summed E-state index contributed by atoms with van der Waals surface area (Å²) in [6.45, 7) is 2.76. The maximum atomic E-state index is 14.4. The number of carbonyl (C=O) groups is 2. The van der Waals surface area contributed by atoms with Crippen LogP contribution in [-0.2, 0) is 14.3 Å². The third-order valence-corrected chi connectivity index (χ3v) is 6.53. The van der Waals surface area contributed by atoms with Gasteiger partial charge in [-0.1, -0.05) is 56.3 Å². The Morgan fingerprint density at radius 3 is 2.42 bits per heavy atom. The largest absolute Gasteiger partial charge is 0.407 e. The van der Waals surface area contributed by atoms with Crippen LogP contribution in [0.1, 0.15) is 31.9 Å². The third-order valence-electron chi connectivity index (χ3n) is 6.53. The van der Waals surface area contributed by atoms with E-state index in [4.69, 9.17) is 4.74 Å². The summed E-state index contributed by atoms with van der Waals surface area (Å²) in [5.41, 5.74) is 0.498. The van der Waals surface area contributed by atoms with E-state index in [0.717, 1.165) is 4.90 Å². The minimum absolute atomic E-state index is 0.0403. The maximum Gasteiger partial charge on any atom is 0.407 e. The van der Waals surface area contributed by atoms with Gasteiger partial charge < -0.3 is 9.64 Å². The lowest BCUT2D eigenvalue weighted by Crippen LogP contribution is -2.53. The van der Waals surface area contributed by atoms with Gasteiger partial charge in [0.2, 0.25) is 5.91 Å². The average molecular weight is 511 g/mol. The monoisotopic (exact) mass is 510 g/mol. The smallest absolute Gasteiger partial charge is 0.365 e. The number of carbonyl (C=O) groups excluding carboxylic acids is 2. The van der Waals surface area contributed by atoms with Gasteiger partial charge in [0.1, 0.15) is 36.8 Å². The molecule has 2 aliphatic rings. The predicted octanol–water partition coefficient (Wildman–Crippen LogP) is 4.62. The van der Waals surface area contributed by atoms with E-state index in [0.29, 0.717) is 5.56 Å². The minimum Gasteiger partial charge on any atom is -0.365 e. The van der Waals surface area contributed by atoms with Gasteiger partial charge in [0.25, 0.3) is 0 Å². The summed E-state index contributed by atoms with van der Waals surface area (Å²) in [5.74, 6) is -1.90. The van der Waals surface area contributed by atoms with Gasteiger partial charge in [0.15, 0.2) is 5.78 Å². The zero-order chi connectivity index (χ0) is 26.2. The van der Waals surface area contributed by atoms with Gasteiger partial charge in [-0.15, -0.1) is 0 Å². The number of hydrogen-bond donors (Lipinski definition) is 1. The molecule has 1 unspecified atom stereocenters. The van der Waals surface area contributed by atoms with Crippen molar-refractivity contribution in [3.05, 3.63) is 59.9 Å². The van der Waals surface area contributed by atoms with E-state index in [-0.39, 0.29) is 30.1 Å². The van der Waals surface area contributed by atoms with Crippen LogP contribution >= 0.6 is 0 Å². The Balaban J connectivity index is 1.61. The highest BCUT2D eigenvalue weighted by atomic mass is 19.4. The van der Waals surface area contributed by atoms with Gasteiger partial charge in [0.05, 0.1) is 12.6 Å². The van der Waals surface area contributed by atoms with Crippen LogP contribution < -0.4 is 5.32 Å². The predicted molar refractivity (Wildman–Crippen MR) is 122 cm³/mol. The Hall–Kier alpha value is -2.85. The van der Waals surface area contributed by atoms with Crippen LogP contribution in [0.3, 0.4) is 0 Å². The Morgan fingerprint density at radius 2 is 1.81 bits per heavy atom. The van der Waals surface area contributed by atoms with Gasteiger partial charge in [0, 0.05) is 5.56 Å². The zero-order valence-corrected chi connectivity index (χ0v) is 19.8. The Labute approximate surface area is 205 Å². The van der Waals surface area contributed by atoms with Gasteiger partial charge in [-0.25, -0.2) is 8.78 Å². The number of amides is 1. The molecule has 0 radical (unpaired) electrons. The molecule has 2 fully saturated rings. The van der Waals surface area contributed by atoms with Crippen LogP contribution in [0.4, 0.5) is 22.0 Å². The maximum absolute atomic E-state index is 14.4. The molecule has 2 aromatic rings. The number of alkyl halides is 4. The molecule has 5 nitrogen and oxygen atoms in total. The van der Waals surface area contributed by atoms with Crippen LogP contribution in [0.5, 0.6) is 0 Å². The lowest BCUT2D eigenvalue weighted by atomic mass is 9.97. The molecule has 0 aliphatic carbocycles. The molecule has 2 heterocycles. The molecule has 5 atom stereocenters. The van der Waals surface area contributed by atoms with E-state index >= 15 is 0 Å². The van der Waals surface area contributed by atoms with Crippen molar-refractivity contribution in [1.29, 1.82) is 0 Å². The number of likely N-dealkylation sites (tertiary alicyclic amines) is 1. The summed E-state index contributed by atoms with van der Waals surface area (Å²) in [4.78, 5) is 26.6. The first-order chi connectivity index (χ1) is 17.0. The quantitative estimate of drug-likeness (QED) is 0.553. The highest BCUT2D eigenvalue weighted by molar-refractivity contribution is 5.94. The van der Waals surface area contributed by atoms with E-state index in [1.165, 1.54) is 42.5 Å². The molecular weight excluding hydrogens is 483 g/mol. The normalized spacial score (nSPS) is 23.7. The van der Waals surface area contributed by atoms with Crippen molar-refractivity contribution in [3.8, 4) is 11.1 Å². The number of nitrogens with one attached hydrogen (secondary N) is 1. The van der Waals surface area contributed by atoms with E-state index in [1.807, 2.05) is 0 Å². The highest BCUT2D eigenvalue weighted by Crippen LogP contribution is 2.36. The first-order valence-electron chi connectivity index (χ1n) is 11.7. The summed E-state index contributed by atoms with van der Waals surface area (Å²) >= 11 is 0. The van der Waals surface area contributed by atoms with E-state index < -0.39 is 60.6 Å². The van der Waals surface area contributed by atoms with Gasteiger partial charge in [-0.3, -0.25) is 14.9 Å². The molecule has 36 heavy (non-hydrogen) atoms. The Morgan fingerprint density at radius 1 is 1.14 bits per heavy atom. The number of nitrogens with zero attached hydrogens (tertiary/aromatic N) is 1. The SMILES string of the molecule is CC(C)C[C@H](NC(c1ccc(-c2ccccc2F)cc1)C(F)(F)F)C(=O)N1C[C@H](F)[C@H]2OCC(=O)[C@H]21. The van der Waals surface area contributed by atoms with Gasteiger partial charge in [-0.2, -0.15) is 13.2 Å². The number of rotatable bonds is 7. The Bertz CT molecular complexity index is 1110. The number of fused-ring (bicyclic) bond motifs is 1. The lowest BCUT2D eigenvalue weighted by Gasteiger charge is -2.32. The molecule has 1 amide bonds. The second-order valence-corrected chi connectivity index (χ2v) is 9.62. The molecule has 2 saturated heterocycles. The second kappa shape index (κ2) is 10.3. The zero-order valence-electron chi connectivity index (χ0n) is 19.8. The van der Waals surface area contributed by atoms with Crippen molar-refractivity contribution in [1.82, 2.24) is 10.2 Å². The van der Waals surface area contributed by atoms with Crippen LogP contribution in [0.2, 0.25) is 0 Å². The molecule has 0 saturated carbocycles. The molecule has 0 bridgehead atoms. The van der Waals surface area contributed by atoms with E-state index in [1.54, 1.807) is 19.9 Å². The standard InChI is InChI=1S/C26H27F5N2O3/c1-14(2)11-20(25(35)33-12-19(28)23-22(33)21(34)13-36-23)32-24(26(29,30)31)16-9-7-15(8-10-16)17-5-3-4-6-18(17)27/h3-10,14,19-20,22-24,32H,11-13H2,1-2H3/t19-,20-,22+,23+,24?/m0/s1. The molecule has 2 aromatic carbocycles. The fraction of sp³-hybridized carbons (Fsp3) is 0.462. The van der Waals surface area contributed by atoms with Crippen LogP contribution in [-0.4, -0.2) is 60.3 Å². The summed E-state index contributed by atoms with van der Waals surface area (Å²) in [6, 6.07) is 6.52. The van der Waals surface area contributed by atoms with Gasteiger partial charge >= 0.3 is 6.18 Å². The first-order valence-corrected chi connectivity index (χ1v) is 11.7. The van der Waals surface area contributed by atoms with E-state index in [9.17, 15) is 31.5 Å². The average Bonchev–Trinajstić information content (AvgIpc) is 3.36. The second-order valence-electron chi connectivity index (χ2n) is 9.62. The van der Waals surface area contributed by atoms with E-state index in [2.05, 4.69) is 5.32 Å². The van der Waals surface area contributed by atoms with Gasteiger partial charge in [-0.05, 0) is 29.5 Å². The van der Waals surface area contributed by atoms with Crippen LogP contribution in [0.15, 0.2) is 48.5 Å². The fourth-order valence-corrected chi connectivity index (χ4v) is 4.87. The summed E-state index contributed by atoms with van der Waals surface area (Å²) < 4.78 is 76.2. The molecule has 2 aliphatic heterocycles. The fourth-order valence-electron chi connectivity index (χ4n) is 4.87. The van der Waals surface area contributed by atoms with Crippen molar-refractivity contribution in [2.75, 3.05) is 13.2 Å². The number of hydrogen-bond acceptors (Lipinski definition) is 4. The first kappa shape index (κ1) is 26.2. The van der Waals surface area contributed by atoms with Crippen molar-refractivity contribution in [2.45, 2.75) is 56.8 Å². The van der Waals surface area contributed by atoms with Crippen LogP contribution in [0.25, 0.3) is 11.1 Å². The summed E-state index contributed by atoms with van der Waals surface area (Å²) in [6.07, 6.45) is -7.41. The molecule has 4 rings (SSSR count). The summed E-state index contributed by atoms with van der Waals surface area (Å²) in [7, 11) is 0. The van der Waals surface area contributed by atoms with Crippen LogP contribution in [0, 0.1) is 11.7 Å². The number of halogens is 5. The number of ether oxygens (including phenoxy) is 1. The third kappa shape index (κ3) is 5.29. The molecule has 1 N–H and O–H groups in total. The topological polar surface area (TPSA) is 58.6 Å². The molecule has 0 aromatic heterocycles. The van der Waals surface area contributed by atoms with Crippen molar-refractivity contribution >= 4 is 11.7 Å². The van der Waals surface area contributed by atoms with Crippen molar-refractivity contribution in [3.63, 3.8) is 0 Å². The lowest BCUT2D eigenvalue weighted by molar-refractivity contribution is -0.163. The molecule has 194 valence electrons. The minimum atomic E-state index is -4.77. The molecular formula is C26H27F5N2O3. The summed E-state index contributed by atoms with van der Waals surface area (Å²) in [5, 5.41) is 2.43.